The van der Waals surface area contributed by atoms with E-state index in [0.717, 1.165) is 45.0 Å². The van der Waals surface area contributed by atoms with E-state index in [4.69, 9.17) is 14.0 Å². The van der Waals surface area contributed by atoms with Gasteiger partial charge in [0.15, 0.2) is 0 Å². The summed E-state index contributed by atoms with van der Waals surface area (Å²) in [6, 6.07) is 45.3. The molecule has 5 nitrogen and oxygen atoms in total. The predicted octanol–water partition coefficient (Wildman–Crippen LogP) is 14.1. The number of fused-ring (bicyclic) bond motifs is 3. The van der Waals surface area contributed by atoms with Gasteiger partial charge < -0.3 is 23.8 Å². The van der Waals surface area contributed by atoms with Crippen LogP contribution in [0.15, 0.2) is 121 Å². The number of hydrogen-bond acceptors (Lipinski definition) is 5. The minimum atomic E-state index is -0.425. The SMILES string of the molecule is CB(OC(C)(C)C(C)(C)C)c1ccc(N(c2ccc3c(c2)-c2cc(N(c4ccc(B5OC(C)(C)C(C)(C)O5)cc4)c4ccc(C)cc4C)ccc2C3(C)C)c2ccc(C)cc2C)cc1. The highest BCUT2D eigenvalue weighted by atomic mass is 16.7. The standard InChI is InChI=1S/C57H68B2N2O3/c1-37-17-31-51(39(3)33-37)60(43-23-19-41(20-24-43)58(16)62-55(10,11)53(5,6)7)45-27-29-49-47(35-45)48-36-46(28-30-50(48)54(49,8)9)61(52-32-18-38(2)34-40(52)4)44-25-21-42(22-26-44)59-63-56(12,13)57(14,15)64-59/h17-36H,1-16H3. The second kappa shape index (κ2) is 16.1. The van der Waals surface area contributed by atoms with Crippen molar-refractivity contribution in [1.29, 1.82) is 0 Å². The number of benzene rings is 6. The van der Waals surface area contributed by atoms with E-state index in [0.29, 0.717) is 0 Å². The summed E-state index contributed by atoms with van der Waals surface area (Å²) < 4.78 is 19.6. The van der Waals surface area contributed by atoms with Crippen LogP contribution in [0, 0.1) is 33.1 Å². The smallest absolute Gasteiger partial charge is 0.426 e. The van der Waals surface area contributed by atoms with Crippen molar-refractivity contribution < 1.29 is 14.0 Å². The van der Waals surface area contributed by atoms with Crippen molar-refractivity contribution in [2.75, 3.05) is 9.80 Å². The minimum Gasteiger partial charge on any atom is -0.426 e. The Morgan fingerprint density at radius 1 is 0.516 bits per heavy atom. The van der Waals surface area contributed by atoms with Crippen molar-refractivity contribution in [3.8, 4) is 11.1 Å². The molecule has 2 aliphatic rings. The number of rotatable bonds is 10. The van der Waals surface area contributed by atoms with Gasteiger partial charge in [0.1, 0.15) is 0 Å². The molecular weight excluding hydrogens is 782 g/mol. The molecule has 0 unspecified atom stereocenters. The third kappa shape index (κ3) is 8.14. The quantitative estimate of drug-likeness (QED) is 0.128. The van der Waals surface area contributed by atoms with Crippen LogP contribution in [-0.2, 0) is 19.4 Å². The van der Waals surface area contributed by atoms with Gasteiger partial charge in [0.05, 0.1) is 16.8 Å². The molecule has 0 amide bonds. The van der Waals surface area contributed by atoms with Crippen LogP contribution >= 0.6 is 0 Å². The fourth-order valence-electron chi connectivity index (χ4n) is 9.33. The molecule has 8 rings (SSSR count). The molecule has 6 aromatic carbocycles. The van der Waals surface area contributed by atoms with Gasteiger partial charge in [0.2, 0.25) is 0 Å². The fraction of sp³-hybridized carbons (Fsp3) is 0.368. The van der Waals surface area contributed by atoms with Crippen molar-refractivity contribution in [3.05, 3.63) is 155 Å². The molecule has 7 heteroatoms. The van der Waals surface area contributed by atoms with Gasteiger partial charge in [0.25, 0.3) is 0 Å². The molecule has 0 bridgehead atoms. The lowest BCUT2D eigenvalue weighted by Gasteiger charge is -2.41. The Balaban J connectivity index is 1.22. The number of nitrogens with zero attached hydrogens (tertiary/aromatic N) is 2. The molecule has 6 aromatic rings. The van der Waals surface area contributed by atoms with Crippen LogP contribution in [0.25, 0.3) is 11.1 Å². The van der Waals surface area contributed by atoms with Gasteiger partial charge in [-0.05, 0) is 180 Å². The van der Waals surface area contributed by atoms with Gasteiger partial charge in [0, 0.05) is 39.5 Å². The zero-order valence-corrected chi connectivity index (χ0v) is 41.3. The van der Waals surface area contributed by atoms with E-state index in [1.54, 1.807) is 0 Å². The van der Waals surface area contributed by atoms with Crippen LogP contribution in [0.3, 0.4) is 0 Å². The van der Waals surface area contributed by atoms with Gasteiger partial charge in [-0.15, -0.1) is 0 Å². The third-order valence-corrected chi connectivity index (χ3v) is 14.9. The summed E-state index contributed by atoms with van der Waals surface area (Å²) in [6.07, 6.45) is 0. The van der Waals surface area contributed by atoms with Crippen LogP contribution in [0.2, 0.25) is 6.82 Å². The lowest BCUT2D eigenvalue weighted by Crippen LogP contribution is -2.46. The molecule has 0 aromatic heterocycles. The maximum absolute atomic E-state index is 6.70. The molecule has 0 atom stereocenters. The second-order valence-electron chi connectivity index (χ2n) is 21.6. The van der Waals surface area contributed by atoms with Crippen LogP contribution < -0.4 is 20.7 Å². The Kier molecular flexibility index (Phi) is 11.5. The fourth-order valence-corrected chi connectivity index (χ4v) is 9.33. The highest BCUT2D eigenvalue weighted by Gasteiger charge is 2.51. The Morgan fingerprint density at radius 2 is 0.922 bits per heavy atom. The van der Waals surface area contributed by atoms with E-state index in [1.807, 2.05) is 0 Å². The first-order chi connectivity index (χ1) is 29.9. The van der Waals surface area contributed by atoms with E-state index in [-0.39, 0.29) is 23.3 Å². The molecular formula is C57H68B2N2O3. The number of anilines is 6. The first-order valence-electron chi connectivity index (χ1n) is 23.2. The molecule has 0 spiro atoms. The number of hydrogen-bond donors (Lipinski definition) is 0. The summed E-state index contributed by atoms with van der Waals surface area (Å²) in [5.41, 5.74) is 17.7. The van der Waals surface area contributed by atoms with Gasteiger partial charge >= 0.3 is 14.0 Å². The van der Waals surface area contributed by atoms with Crippen LogP contribution in [0.1, 0.15) is 110 Å². The summed E-state index contributed by atoms with van der Waals surface area (Å²) >= 11 is 0. The zero-order valence-electron chi connectivity index (χ0n) is 41.3. The molecule has 0 radical (unpaired) electrons. The summed E-state index contributed by atoms with van der Waals surface area (Å²) in [4.78, 5) is 4.82. The Labute approximate surface area is 385 Å². The van der Waals surface area contributed by atoms with Crippen LogP contribution in [-0.4, -0.2) is 30.8 Å². The summed E-state index contributed by atoms with van der Waals surface area (Å²) in [5, 5.41) is 0. The van der Waals surface area contributed by atoms with Gasteiger partial charge in [-0.2, -0.15) is 0 Å². The van der Waals surface area contributed by atoms with E-state index >= 15 is 0 Å². The molecule has 1 saturated heterocycles. The van der Waals surface area contributed by atoms with Gasteiger partial charge in [-0.25, -0.2) is 0 Å². The molecule has 0 N–H and O–H groups in total. The zero-order chi connectivity index (χ0) is 46.3. The monoisotopic (exact) mass is 851 g/mol. The summed E-state index contributed by atoms with van der Waals surface area (Å²) in [7, 11) is -0.425. The Morgan fingerprint density at radius 3 is 1.33 bits per heavy atom. The largest absolute Gasteiger partial charge is 0.494 e. The lowest BCUT2D eigenvalue weighted by atomic mass is 9.62. The van der Waals surface area contributed by atoms with Crippen molar-refractivity contribution in [2.45, 2.75) is 133 Å². The Bertz CT molecular complexity index is 2690. The van der Waals surface area contributed by atoms with Crippen LogP contribution in [0.5, 0.6) is 0 Å². The highest BCUT2D eigenvalue weighted by molar-refractivity contribution is 6.66. The second-order valence-corrected chi connectivity index (χ2v) is 21.6. The van der Waals surface area contributed by atoms with Crippen molar-refractivity contribution in [1.82, 2.24) is 0 Å². The van der Waals surface area contributed by atoms with E-state index in [2.05, 4.69) is 242 Å². The first kappa shape index (κ1) is 45.5. The molecule has 64 heavy (non-hydrogen) atoms. The van der Waals surface area contributed by atoms with Crippen molar-refractivity contribution in [3.63, 3.8) is 0 Å². The molecule has 0 saturated carbocycles. The molecule has 330 valence electrons. The normalized spacial score (nSPS) is 16.1. The van der Waals surface area contributed by atoms with E-state index in [9.17, 15) is 0 Å². The maximum atomic E-state index is 6.70. The molecule has 1 aliphatic heterocycles. The topological polar surface area (TPSA) is 34.2 Å². The lowest BCUT2D eigenvalue weighted by molar-refractivity contribution is 0.000449. The summed E-state index contributed by atoms with van der Waals surface area (Å²) in [5.74, 6) is 0. The van der Waals surface area contributed by atoms with E-state index in [1.165, 1.54) is 44.5 Å². The molecule has 1 aliphatic carbocycles. The number of aryl methyl sites for hydroxylation is 4. The van der Waals surface area contributed by atoms with Crippen molar-refractivity contribution in [2.24, 2.45) is 5.41 Å². The highest BCUT2D eigenvalue weighted by Crippen LogP contribution is 2.53. The summed E-state index contributed by atoms with van der Waals surface area (Å²) in [6.45, 7) is 35.1. The van der Waals surface area contributed by atoms with E-state index < -0.39 is 18.3 Å². The third-order valence-electron chi connectivity index (χ3n) is 14.9. The average Bonchev–Trinajstić information content (AvgIpc) is 3.58. The predicted molar refractivity (Wildman–Crippen MR) is 274 cm³/mol. The van der Waals surface area contributed by atoms with Gasteiger partial charge in [-0.3, -0.25) is 0 Å². The first-order valence-corrected chi connectivity index (χ1v) is 23.2. The van der Waals surface area contributed by atoms with Gasteiger partial charge in [-0.1, -0.05) is 113 Å². The van der Waals surface area contributed by atoms with Crippen molar-refractivity contribution >= 4 is 59.1 Å². The molecule has 1 fully saturated rings. The Hall–Kier alpha value is -5.07. The average molecular weight is 851 g/mol. The van der Waals surface area contributed by atoms with Crippen LogP contribution in [0.4, 0.5) is 34.1 Å². The molecule has 1 heterocycles. The maximum Gasteiger partial charge on any atom is 0.494 e. The minimum absolute atomic E-state index is 0.00194.